The molecule has 0 N–H and O–H groups in total. The topological polar surface area (TPSA) is 25.8 Å². The summed E-state index contributed by atoms with van der Waals surface area (Å²) in [5.41, 5.74) is 1.10. The molecule has 1 aliphatic carbocycles. The molecule has 2 unspecified atom stereocenters. The van der Waals surface area contributed by atoms with Crippen molar-refractivity contribution in [2.45, 2.75) is 64.7 Å². The van der Waals surface area contributed by atoms with E-state index in [-0.39, 0.29) is 5.41 Å². The quantitative estimate of drug-likeness (QED) is 0.502. The minimum absolute atomic E-state index is 0.0145. The van der Waals surface area contributed by atoms with Gasteiger partial charge in [0.2, 0.25) is 0 Å². The van der Waals surface area contributed by atoms with E-state index in [2.05, 4.69) is 55.3 Å². The summed E-state index contributed by atoms with van der Waals surface area (Å²) in [6, 6.07) is 0. The van der Waals surface area contributed by atoms with Crippen LogP contribution in [-0.2, 0) is 5.41 Å². The zero-order valence-electron chi connectivity index (χ0n) is 12.1. The Hall–Kier alpha value is 0.1000. The van der Waals surface area contributed by atoms with Crippen molar-refractivity contribution in [3.8, 4) is 0 Å². The second kappa shape index (κ2) is 5.84. The summed E-state index contributed by atoms with van der Waals surface area (Å²) in [5.74, 6) is 2.30. The molecular formula is C15H22ClIN2. The van der Waals surface area contributed by atoms with E-state index in [0.29, 0.717) is 11.1 Å². The molecule has 1 saturated carbocycles. The first kappa shape index (κ1) is 15.5. The Bertz CT molecular complexity index is 468. The lowest BCUT2D eigenvalue weighted by molar-refractivity contribution is 0.511. The highest BCUT2D eigenvalue weighted by Crippen LogP contribution is 2.40. The van der Waals surface area contributed by atoms with Crippen molar-refractivity contribution in [3.63, 3.8) is 0 Å². The van der Waals surface area contributed by atoms with Crippen LogP contribution in [0.5, 0.6) is 0 Å². The molecular weight excluding hydrogens is 371 g/mol. The Morgan fingerprint density at radius 3 is 2.47 bits per heavy atom. The number of hydrogen-bond acceptors (Lipinski definition) is 2. The third-order valence-corrected chi connectivity index (χ3v) is 5.64. The molecule has 106 valence electrons. The van der Waals surface area contributed by atoms with Gasteiger partial charge in [-0.05, 0) is 47.8 Å². The van der Waals surface area contributed by atoms with E-state index < -0.39 is 0 Å². The average molecular weight is 393 g/mol. The number of hydrogen-bond donors (Lipinski definition) is 0. The highest BCUT2D eigenvalue weighted by Gasteiger charge is 2.29. The predicted octanol–water partition coefficient (Wildman–Crippen LogP) is 5.33. The van der Waals surface area contributed by atoms with E-state index in [0.717, 1.165) is 21.0 Å². The lowest BCUT2D eigenvalue weighted by Crippen LogP contribution is -2.19. The molecule has 0 radical (unpaired) electrons. The maximum absolute atomic E-state index is 6.32. The first-order chi connectivity index (χ1) is 8.82. The van der Waals surface area contributed by atoms with Crippen LogP contribution in [0.3, 0.4) is 0 Å². The Balaban J connectivity index is 2.35. The van der Waals surface area contributed by atoms with Crippen molar-refractivity contribution in [2.24, 2.45) is 5.92 Å². The van der Waals surface area contributed by atoms with Crippen LogP contribution in [0, 0.1) is 9.49 Å². The maximum atomic E-state index is 6.32. The molecule has 0 aliphatic heterocycles. The van der Waals surface area contributed by atoms with Crippen molar-refractivity contribution >= 4 is 34.2 Å². The highest BCUT2D eigenvalue weighted by molar-refractivity contribution is 14.1. The van der Waals surface area contributed by atoms with Gasteiger partial charge in [-0.2, -0.15) is 0 Å². The van der Waals surface area contributed by atoms with Crippen LogP contribution in [0.4, 0.5) is 0 Å². The van der Waals surface area contributed by atoms with Crippen molar-refractivity contribution in [2.75, 3.05) is 0 Å². The van der Waals surface area contributed by atoms with E-state index in [1.54, 1.807) is 0 Å². The van der Waals surface area contributed by atoms with Gasteiger partial charge in [0.25, 0.3) is 0 Å². The van der Waals surface area contributed by atoms with Gasteiger partial charge in [0, 0.05) is 11.3 Å². The van der Waals surface area contributed by atoms with Gasteiger partial charge in [0.1, 0.15) is 11.0 Å². The fraction of sp³-hybridized carbons (Fsp3) is 0.733. The van der Waals surface area contributed by atoms with Crippen molar-refractivity contribution in [3.05, 3.63) is 20.2 Å². The van der Waals surface area contributed by atoms with Crippen LogP contribution in [0.1, 0.15) is 70.8 Å². The summed E-state index contributed by atoms with van der Waals surface area (Å²) < 4.78 is 1.00. The van der Waals surface area contributed by atoms with Gasteiger partial charge in [-0.25, -0.2) is 9.97 Å². The first-order valence-corrected chi connectivity index (χ1v) is 8.52. The van der Waals surface area contributed by atoms with Gasteiger partial charge < -0.3 is 0 Å². The predicted molar refractivity (Wildman–Crippen MR) is 88.8 cm³/mol. The monoisotopic (exact) mass is 392 g/mol. The third kappa shape index (κ3) is 3.41. The minimum atomic E-state index is 0.0145. The molecule has 2 nitrogen and oxygen atoms in total. The van der Waals surface area contributed by atoms with Gasteiger partial charge >= 0.3 is 0 Å². The Morgan fingerprint density at radius 1 is 1.26 bits per heavy atom. The third-order valence-electron chi connectivity index (χ3n) is 4.02. The normalized spacial score (nSPS) is 23.9. The molecule has 1 aliphatic rings. The molecule has 0 saturated heterocycles. The smallest absolute Gasteiger partial charge is 0.146 e. The van der Waals surface area contributed by atoms with Gasteiger partial charge in [0.15, 0.2) is 0 Å². The largest absolute Gasteiger partial charge is 0.236 e. The molecule has 2 atom stereocenters. The molecule has 1 aromatic rings. The summed E-state index contributed by atoms with van der Waals surface area (Å²) in [5, 5.41) is 0.621. The second-order valence-corrected chi connectivity index (χ2v) is 8.01. The van der Waals surface area contributed by atoms with Crippen LogP contribution < -0.4 is 0 Å². The van der Waals surface area contributed by atoms with Crippen molar-refractivity contribution < 1.29 is 0 Å². The summed E-state index contributed by atoms with van der Waals surface area (Å²) in [4.78, 5) is 9.40. The van der Waals surface area contributed by atoms with E-state index >= 15 is 0 Å². The fourth-order valence-electron chi connectivity index (χ4n) is 2.80. The van der Waals surface area contributed by atoms with E-state index in [1.165, 1.54) is 25.7 Å². The standard InChI is InChI=1S/C15H22ClIN2/c1-5-9-6-7-10(8-9)14-18-12(15(2,3)4)11(17)13(16)19-14/h9-10H,5-8H2,1-4H3. The summed E-state index contributed by atoms with van der Waals surface area (Å²) in [6.07, 6.45) is 5.00. The molecule has 2 rings (SSSR count). The van der Waals surface area contributed by atoms with E-state index in [9.17, 15) is 0 Å². The fourth-order valence-corrected chi connectivity index (χ4v) is 4.02. The van der Waals surface area contributed by atoms with Crippen LogP contribution in [0.2, 0.25) is 5.15 Å². The first-order valence-electron chi connectivity index (χ1n) is 7.06. The summed E-state index contributed by atoms with van der Waals surface area (Å²) >= 11 is 8.58. The number of rotatable bonds is 2. The molecule has 4 heteroatoms. The maximum Gasteiger partial charge on any atom is 0.146 e. The number of aromatic nitrogens is 2. The lowest BCUT2D eigenvalue weighted by Gasteiger charge is -2.22. The van der Waals surface area contributed by atoms with Crippen LogP contribution >= 0.6 is 34.2 Å². The molecule has 0 bridgehead atoms. The van der Waals surface area contributed by atoms with Crippen LogP contribution in [0.15, 0.2) is 0 Å². The SMILES string of the molecule is CCC1CCC(c2nc(Cl)c(I)c(C(C)(C)C)n2)C1. The Kier molecular flexibility index (Phi) is 4.76. The van der Waals surface area contributed by atoms with Gasteiger partial charge in [-0.15, -0.1) is 0 Å². The molecule has 1 fully saturated rings. The molecule has 19 heavy (non-hydrogen) atoms. The minimum Gasteiger partial charge on any atom is -0.236 e. The van der Waals surface area contributed by atoms with Crippen molar-refractivity contribution in [1.29, 1.82) is 0 Å². The van der Waals surface area contributed by atoms with Gasteiger partial charge in [-0.1, -0.05) is 45.7 Å². The second-order valence-electron chi connectivity index (χ2n) is 6.57. The molecule has 0 spiro atoms. The zero-order valence-corrected chi connectivity index (χ0v) is 15.0. The molecule has 0 aromatic carbocycles. The van der Waals surface area contributed by atoms with E-state index in [1.807, 2.05) is 0 Å². The Labute approximate surface area is 134 Å². The van der Waals surface area contributed by atoms with Crippen molar-refractivity contribution in [1.82, 2.24) is 9.97 Å². The molecule has 1 aromatic heterocycles. The number of halogens is 2. The average Bonchev–Trinajstić information content (AvgIpc) is 2.79. The zero-order chi connectivity index (χ0) is 14.2. The summed E-state index contributed by atoms with van der Waals surface area (Å²) in [7, 11) is 0. The van der Waals surface area contributed by atoms with E-state index in [4.69, 9.17) is 16.6 Å². The van der Waals surface area contributed by atoms with Gasteiger partial charge in [-0.3, -0.25) is 0 Å². The highest BCUT2D eigenvalue weighted by atomic mass is 127. The van der Waals surface area contributed by atoms with Gasteiger partial charge in [0.05, 0.1) is 9.26 Å². The van der Waals surface area contributed by atoms with Crippen LogP contribution in [0.25, 0.3) is 0 Å². The Morgan fingerprint density at radius 2 is 1.95 bits per heavy atom. The van der Waals surface area contributed by atoms with Crippen LogP contribution in [-0.4, -0.2) is 9.97 Å². The molecule has 1 heterocycles. The summed E-state index contributed by atoms with van der Waals surface area (Å²) in [6.45, 7) is 8.82. The molecule has 0 amide bonds. The number of nitrogens with zero attached hydrogens (tertiary/aromatic N) is 2. The lowest BCUT2D eigenvalue weighted by atomic mass is 9.91.